The van der Waals surface area contributed by atoms with Crippen molar-refractivity contribution < 1.29 is 12.8 Å². The first-order valence-corrected chi connectivity index (χ1v) is 5.72. The molecule has 0 bridgehead atoms. The summed E-state index contributed by atoms with van der Waals surface area (Å²) in [7, 11) is -3.40. The van der Waals surface area contributed by atoms with Crippen molar-refractivity contribution in [1.82, 2.24) is 4.98 Å². The van der Waals surface area contributed by atoms with E-state index in [-0.39, 0.29) is 5.22 Å². The average Bonchev–Trinajstić information content (AvgIpc) is 2.45. The normalized spacial score (nSPS) is 12.1. The quantitative estimate of drug-likeness (QED) is 0.707. The number of anilines is 1. The monoisotopic (exact) mass is 212 g/mol. The minimum atomic E-state index is -3.40. The topological polar surface area (TPSA) is 86.2 Å². The molecule has 0 radical (unpaired) electrons. The van der Waals surface area contributed by atoms with E-state index in [1.54, 1.807) is 18.2 Å². The van der Waals surface area contributed by atoms with Crippen molar-refractivity contribution in [3.8, 4) is 0 Å². The predicted molar refractivity (Wildman–Crippen MR) is 51.5 cm³/mol. The van der Waals surface area contributed by atoms with E-state index >= 15 is 0 Å². The van der Waals surface area contributed by atoms with E-state index in [4.69, 9.17) is 10.2 Å². The highest BCUT2D eigenvalue weighted by molar-refractivity contribution is 7.90. The van der Waals surface area contributed by atoms with E-state index < -0.39 is 9.84 Å². The molecule has 0 aliphatic carbocycles. The molecule has 14 heavy (non-hydrogen) atoms. The molecule has 1 heterocycles. The van der Waals surface area contributed by atoms with E-state index in [1.807, 2.05) is 0 Å². The molecule has 74 valence electrons. The summed E-state index contributed by atoms with van der Waals surface area (Å²) in [4.78, 5) is 3.81. The zero-order chi connectivity index (χ0) is 10.3. The summed E-state index contributed by atoms with van der Waals surface area (Å²) in [5.41, 5.74) is 6.90. The number of aromatic nitrogens is 1. The Morgan fingerprint density at radius 2 is 2.14 bits per heavy atom. The molecular formula is C8H8N2O3S. The molecule has 2 N–H and O–H groups in total. The Hall–Kier alpha value is -1.56. The first-order chi connectivity index (χ1) is 6.47. The molecule has 0 amide bonds. The van der Waals surface area contributed by atoms with E-state index in [2.05, 4.69) is 4.98 Å². The van der Waals surface area contributed by atoms with Crippen LogP contribution in [-0.4, -0.2) is 19.7 Å². The van der Waals surface area contributed by atoms with Crippen molar-refractivity contribution >= 4 is 26.6 Å². The lowest BCUT2D eigenvalue weighted by Crippen LogP contribution is -1.96. The van der Waals surface area contributed by atoms with Gasteiger partial charge in [-0.3, -0.25) is 0 Å². The highest BCUT2D eigenvalue weighted by Crippen LogP contribution is 2.20. The van der Waals surface area contributed by atoms with Crippen LogP contribution < -0.4 is 5.73 Å². The Labute approximate surface area is 80.5 Å². The summed E-state index contributed by atoms with van der Waals surface area (Å²) >= 11 is 0. The third-order valence-electron chi connectivity index (χ3n) is 1.71. The van der Waals surface area contributed by atoms with Crippen molar-refractivity contribution in [3.63, 3.8) is 0 Å². The van der Waals surface area contributed by atoms with Crippen LogP contribution in [0.25, 0.3) is 11.1 Å². The van der Waals surface area contributed by atoms with Crippen LogP contribution in [0.4, 0.5) is 5.69 Å². The molecule has 0 atom stereocenters. The minimum absolute atomic E-state index is 0.280. The van der Waals surface area contributed by atoms with Gasteiger partial charge in [0.25, 0.3) is 0 Å². The van der Waals surface area contributed by atoms with Gasteiger partial charge in [-0.05, 0) is 18.2 Å². The molecule has 2 aromatic rings. The van der Waals surface area contributed by atoms with Gasteiger partial charge in [0.1, 0.15) is 5.52 Å². The third-order valence-corrected chi connectivity index (χ3v) is 2.52. The molecule has 1 aromatic carbocycles. The Bertz CT molecular complexity index is 586. The predicted octanol–water partition coefficient (Wildman–Crippen LogP) is 0.814. The van der Waals surface area contributed by atoms with Crippen LogP contribution in [0.5, 0.6) is 0 Å². The number of nitrogens with zero attached hydrogens (tertiary/aromatic N) is 1. The van der Waals surface area contributed by atoms with Crippen LogP contribution in [0.1, 0.15) is 0 Å². The standard InChI is InChI=1S/C8H8N2O3S/c1-14(11,12)8-10-6-4-5(9)2-3-7(6)13-8/h2-4H,9H2,1H3. The number of hydrogen-bond acceptors (Lipinski definition) is 5. The number of nitrogen functional groups attached to an aromatic ring is 1. The van der Waals surface area contributed by atoms with Crippen LogP contribution in [-0.2, 0) is 9.84 Å². The van der Waals surface area contributed by atoms with Gasteiger partial charge >= 0.3 is 5.22 Å². The SMILES string of the molecule is CS(=O)(=O)c1nc2cc(N)ccc2o1. The number of rotatable bonds is 1. The number of nitrogens with two attached hydrogens (primary N) is 1. The fraction of sp³-hybridized carbons (Fsp3) is 0.125. The second-order valence-corrected chi connectivity index (χ2v) is 4.87. The first kappa shape index (κ1) is 9.01. The Balaban J connectivity index is 2.75. The lowest BCUT2D eigenvalue weighted by atomic mass is 10.3. The van der Waals surface area contributed by atoms with Gasteiger partial charge in [0, 0.05) is 11.9 Å². The van der Waals surface area contributed by atoms with Gasteiger partial charge in [0.05, 0.1) is 0 Å². The van der Waals surface area contributed by atoms with Crippen molar-refractivity contribution in [2.75, 3.05) is 12.0 Å². The maximum atomic E-state index is 11.1. The van der Waals surface area contributed by atoms with Crippen LogP contribution in [0.2, 0.25) is 0 Å². The van der Waals surface area contributed by atoms with Crippen LogP contribution in [0.15, 0.2) is 27.8 Å². The molecule has 0 aliphatic heterocycles. The number of hydrogen-bond donors (Lipinski definition) is 1. The van der Waals surface area contributed by atoms with Gasteiger partial charge in [-0.15, -0.1) is 0 Å². The molecule has 2 rings (SSSR count). The average molecular weight is 212 g/mol. The van der Waals surface area contributed by atoms with E-state index in [0.29, 0.717) is 16.8 Å². The highest BCUT2D eigenvalue weighted by atomic mass is 32.2. The van der Waals surface area contributed by atoms with Gasteiger partial charge in [-0.25, -0.2) is 8.42 Å². The summed E-state index contributed by atoms with van der Waals surface area (Å²) in [6.07, 6.45) is 1.04. The van der Waals surface area contributed by atoms with Crippen LogP contribution in [0, 0.1) is 0 Å². The summed E-state index contributed by atoms with van der Waals surface area (Å²) < 4.78 is 27.2. The summed E-state index contributed by atoms with van der Waals surface area (Å²) in [6, 6.07) is 4.78. The summed E-state index contributed by atoms with van der Waals surface area (Å²) in [5.74, 6) is 0. The van der Waals surface area contributed by atoms with Gasteiger partial charge < -0.3 is 10.2 Å². The molecule has 0 unspecified atom stereocenters. The molecule has 6 heteroatoms. The Morgan fingerprint density at radius 1 is 1.43 bits per heavy atom. The fourth-order valence-corrected chi connectivity index (χ4v) is 1.59. The van der Waals surface area contributed by atoms with Crippen molar-refractivity contribution in [2.45, 2.75) is 5.22 Å². The molecule has 0 aliphatic rings. The zero-order valence-electron chi connectivity index (χ0n) is 7.39. The van der Waals surface area contributed by atoms with Gasteiger partial charge in [-0.2, -0.15) is 4.98 Å². The van der Waals surface area contributed by atoms with Crippen LogP contribution in [0.3, 0.4) is 0 Å². The van der Waals surface area contributed by atoms with Gasteiger partial charge in [-0.1, -0.05) is 0 Å². The van der Waals surface area contributed by atoms with E-state index in [9.17, 15) is 8.42 Å². The molecule has 0 saturated carbocycles. The van der Waals surface area contributed by atoms with Gasteiger partial charge in [0.15, 0.2) is 5.58 Å². The number of benzene rings is 1. The lowest BCUT2D eigenvalue weighted by Gasteiger charge is -1.88. The third kappa shape index (κ3) is 1.44. The van der Waals surface area contributed by atoms with Crippen molar-refractivity contribution in [2.24, 2.45) is 0 Å². The summed E-state index contributed by atoms with van der Waals surface area (Å²) in [6.45, 7) is 0. The molecule has 1 aromatic heterocycles. The van der Waals surface area contributed by atoms with Crippen molar-refractivity contribution in [1.29, 1.82) is 0 Å². The molecule has 0 fully saturated rings. The lowest BCUT2D eigenvalue weighted by molar-refractivity contribution is 0.461. The maximum Gasteiger partial charge on any atom is 0.315 e. The van der Waals surface area contributed by atoms with E-state index in [0.717, 1.165) is 6.26 Å². The number of sulfone groups is 1. The maximum absolute atomic E-state index is 11.1. The summed E-state index contributed by atoms with van der Waals surface area (Å²) in [5, 5.41) is -0.280. The number of oxazole rings is 1. The Kier molecular flexibility index (Phi) is 1.75. The van der Waals surface area contributed by atoms with Gasteiger partial charge in [0.2, 0.25) is 9.84 Å². The molecule has 5 nitrogen and oxygen atoms in total. The highest BCUT2D eigenvalue weighted by Gasteiger charge is 2.15. The van der Waals surface area contributed by atoms with Crippen molar-refractivity contribution in [3.05, 3.63) is 18.2 Å². The fourth-order valence-electron chi connectivity index (χ4n) is 1.08. The van der Waals surface area contributed by atoms with Crippen LogP contribution >= 0.6 is 0 Å². The minimum Gasteiger partial charge on any atom is -0.428 e. The molecule has 0 saturated heterocycles. The largest absolute Gasteiger partial charge is 0.428 e. The Morgan fingerprint density at radius 3 is 2.79 bits per heavy atom. The second-order valence-electron chi connectivity index (χ2n) is 2.98. The number of fused-ring (bicyclic) bond motifs is 1. The first-order valence-electron chi connectivity index (χ1n) is 3.83. The smallest absolute Gasteiger partial charge is 0.315 e. The molecular weight excluding hydrogens is 204 g/mol. The zero-order valence-corrected chi connectivity index (χ0v) is 8.21. The second kappa shape index (κ2) is 2.71. The van der Waals surface area contributed by atoms with E-state index in [1.165, 1.54) is 0 Å². The molecule has 0 spiro atoms.